The van der Waals surface area contributed by atoms with E-state index in [9.17, 15) is 10.4 Å². The van der Waals surface area contributed by atoms with Crippen molar-refractivity contribution in [1.29, 1.82) is 0 Å². The summed E-state index contributed by atoms with van der Waals surface area (Å²) in [6.45, 7) is 0. The van der Waals surface area contributed by atoms with Gasteiger partial charge in [-0.2, -0.15) is 0 Å². The molecular weight excluding hydrogens is 174 g/mol. The largest absolute Gasteiger partial charge is 0.743 e. The molecule has 0 atom stereocenters. The first-order valence-corrected chi connectivity index (χ1v) is 3.35. The van der Waals surface area contributed by atoms with E-state index in [0.29, 0.717) is 0 Å². The summed E-state index contributed by atoms with van der Waals surface area (Å²) in [6.07, 6.45) is 0. The summed E-state index contributed by atoms with van der Waals surface area (Å²) >= 11 is 0. The van der Waals surface area contributed by atoms with Gasteiger partial charge in [-0.15, -0.1) is 0 Å². The van der Waals surface area contributed by atoms with E-state index in [2.05, 4.69) is 0 Å². The first-order valence-electron chi connectivity index (χ1n) is 3.35. The van der Waals surface area contributed by atoms with Crippen molar-refractivity contribution in [1.82, 2.24) is 0 Å². The first kappa shape index (κ1) is 9.55. The van der Waals surface area contributed by atoms with Crippen molar-refractivity contribution in [3.63, 3.8) is 0 Å². The predicted octanol–water partition coefficient (Wildman–Crippen LogP) is -0.375. The van der Waals surface area contributed by atoms with Crippen molar-refractivity contribution in [2.24, 2.45) is 11.7 Å². The summed E-state index contributed by atoms with van der Waals surface area (Å²) in [5.41, 5.74) is 5.77. The van der Waals surface area contributed by atoms with Gasteiger partial charge in [-0.1, -0.05) is 0 Å². The van der Waals surface area contributed by atoms with Crippen molar-refractivity contribution in [3.05, 3.63) is 28.6 Å². The zero-order valence-electron chi connectivity index (χ0n) is 6.68. The fourth-order valence-electron chi connectivity index (χ4n) is 0.873. The van der Waals surface area contributed by atoms with Crippen LogP contribution in [0.3, 0.4) is 0 Å². The van der Waals surface area contributed by atoms with Gasteiger partial charge in [0.05, 0.1) is 0 Å². The van der Waals surface area contributed by atoms with Crippen LogP contribution in [0, 0.1) is 10.4 Å². The summed E-state index contributed by atoms with van der Waals surface area (Å²) in [5, 5.41) is 21.5. The number of anilines is 3. The van der Waals surface area contributed by atoms with Gasteiger partial charge >= 0.3 is 0 Å². The Morgan fingerprint density at radius 1 is 0.923 bits per heavy atom. The molecule has 0 bridgehead atoms. The average molecular weight is 183 g/mol. The molecule has 0 amide bonds. The van der Waals surface area contributed by atoms with Gasteiger partial charge in [-0.25, -0.2) is 0 Å². The van der Waals surface area contributed by atoms with Gasteiger partial charge < -0.3 is 26.5 Å². The highest BCUT2D eigenvalue weighted by atomic mass is 16.5. The number of hydrogen-bond donors (Lipinski definition) is 3. The molecule has 6 N–H and O–H groups in total. The van der Waals surface area contributed by atoms with E-state index >= 15 is 0 Å². The summed E-state index contributed by atoms with van der Waals surface area (Å²) in [5.74, 6) is 9.82. The monoisotopic (exact) mass is 183 g/mol. The van der Waals surface area contributed by atoms with E-state index in [-0.39, 0.29) is 27.4 Å². The second-order valence-corrected chi connectivity index (χ2v) is 2.43. The number of nitrogen functional groups attached to an aromatic ring is 1. The first-order chi connectivity index (χ1) is 6.00. The van der Waals surface area contributed by atoms with Gasteiger partial charge in [-0.05, 0) is 18.2 Å². The van der Waals surface area contributed by atoms with E-state index in [1.54, 1.807) is 0 Å². The van der Waals surface area contributed by atoms with Gasteiger partial charge in [0.1, 0.15) is 0 Å². The second-order valence-electron chi connectivity index (χ2n) is 2.43. The van der Waals surface area contributed by atoms with Crippen LogP contribution in [0.1, 0.15) is 0 Å². The molecule has 0 unspecified atom stereocenters. The van der Waals surface area contributed by atoms with Crippen LogP contribution < -0.4 is 27.8 Å². The Hall–Kier alpha value is -1.54. The van der Waals surface area contributed by atoms with Crippen LogP contribution in [0.2, 0.25) is 0 Å². The molecule has 1 rings (SSSR count). The highest BCUT2D eigenvalue weighted by molar-refractivity contribution is 5.67. The van der Waals surface area contributed by atoms with Crippen LogP contribution in [0.4, 0.5) is 17.1 Å². The molecule has 1 aromatic rings. The van der Waals surface area contributed by atoms with Crippen LogP contribution in [0.15, 0.2) is 18.2 Å². The van der Waals surface area contributed by atoms with Crippen LogP contribution in [-0.2, 0) is 0 Å². The molecule has 0 saturated carbocycles. The third-order valence-electron chi connectivity index (χ3n) is 1.43. The minimum Gasteiger partial charge on any atom is -0.743 e. The van der Waals surface area contributed by atoms with E-state index in [0.717, 1.165) is 0 Å². The van der Waals surface area contributed by atoms with Crippen LogP contribution in [0.25, 0.3) is 0 Å². The molecule has 0 saturated heterocycles. The lowest BCUT2D eigenvalue weighted by Gasteiger charge is -2.29. The lowest BCUT2D eigenvalue weighted by Crippen LogP contribution is -2.25. The summed E-state index contributed by atoms with van der Waals surface area (Å²) in [6, 6.07) is 3.90. The fraction of sp³-hybridized carbons (Fsp3) is 0. The molecule has 7 heteroatoms. The van der Waals surface area contributed by atoms with Crippen molar-refractivity contribution in [2.75, 3.05) is 16.1 Å². The minimum atomic E-state index is 0.0706. The Morgan fingerprint density at radius 3 is 1.62 bits per heavy atom. The fourth-order valence-corrected chi connectivity index (χ4v) is 0.873. The lowest BCUT2D eigenvalue weighted by molar-refractivity contribution is 1.06. The molecule has 0 aliphatic carbocycles. The predicted molar refractivity (Wildman–Crippen MR) is 50.9 cm³/mol. The van der Waals surface area contributed by atoms with Crippen LogP contribution in [0.5, 0.6) is 0 Å². The van der Waals surface area contributed by atoms with Gasteiger partial charge in [0.2, 0.25) is 0 Å². The van der Waals surface area contributed by atoms with Gasteiger partial charge in [0.15, 0.2) is 0 Å². The highest BCUT2D eigenvalue weighted by Crippen LogP contribution is 2.23. The molecule has 0 radical (unpaired) electrons. The van der Waals surface area contributed by atoms with Gasteiger partial charge in [-0.3, -0.25) is 11.7 Å². The molecule has 7 nitrogen and oxygen atoms in total. The summed E-state index contributed by atoms with van der Waals surface area (Å²) in [4.78, 5) is 0. The topological polar surface area (TPSA) is 131 Å². The number of rotatable bonds is 2. The van der Waals surface area contributed by atoms with Gasteiger partial charge in [0.25, 0.3) is 0 Å². The van der Waals surface area contributed by atoms with E-state index in [1.807, 2.05) is 0 Å². The molecule has 0 fully saturated rings. The molecular formula is C6H9N5O2-2. The average Bonchev–Trinajstić information content (AvgIpc) is 2.03. The molecule has 0 spiro atoms. The molecule has 0 aromatic heterocycles. The quantitative estimate of drug-likeness (QED) is 0.323. The Morgan fingerprint density at radius 2 is 1.31 bits per heavy atom. The maximum atomic E-state index is 10.6. The maximum Gasteiger partial charge on any atom is 0.0444 e. The number of hydrazine groups is 2. The molecule has 1 aromatic carbocycles. The van der Waals surface area contributed by atoms with Crippen LogP contribution in [-0.4, -0.2) is 0 Å². The molecule has 0 aliphatic rings. The maximum absolute atomic E-state index is 10.6. The lowest BCUT2D eigenvalue weighted by atomic mass is 10.2. The smallest absolute Gasteiger partial charge is 0.0444 e. The molecule has 0 aliphatic heterocycles. The zero-order valence-corrected chi connectivity index (χ0v) is 6.68. The van der Waals surface area contributed by atoms with Crippen LogP contribution >= 0.6 is 0 Å². The van der Waals surface area contributed by atoms with E-state index in [1.165, 1.54) is 18.2 Å². The Kier molecular flexibility index (Phi) is 2.54. The van der Waals surface area contributed by atoms with E-state index in [4.69, 9.17) is 17.4 Å². The van der Waals surface area contributed by atoms with E-state index < -0.39 is 0 Å². The highest BCUT2D eigenvalue weighted by Gasteiger charge is 1.98. The standard InChI is InChI=1S/C6H9N5O2/c7-4-1-5(10(8)12)3-6(2-4)11(9)13/h1-3H,7-9H2/q-2. The Labute approximate surface area is 74.4 Å². The Bertz CT molecular complexity index is 275. The minimum absolute atomic E-state index is 0.0706. The SMILES string of the molecule is Nc1cc(N(N)[O-])cc(N(N)[O-])c1. The molecule has 72 valence electrons. The molecule has 0 heterocycles. The third kappa shape index (κ3) is 2.20. The third-order valence-corrected chi connectivity index (χ3v) is 1.43. The number of benzene rings is 1. The van der Waals surface area contributed by atoms with Crippen molar-refractivity contribution < 1.29 is 0 Å². The zero-order chi connectivity index (χ0) is 10.0. The Balaban J connectivity index is 3.11. The van der Waals surface area contributed by atoms with Gasteiger partial charge in [0, 0.05) is 17.1 Å². The second kappa shape index (κ2) is 3.46. The number of hydrogen-bond acceptors (Lipinski definition) is 7. The number of nitrogens with zero attached hydrogens (tertiary/aromatic N) is 2. The summed E-state index contributed by atoms with van der Waals surface area (Å²) in [7, 11) is 0. The van der Waals surface area contributed by atoms with Crippen molar-refractivity contribution in [2.45, 2.75) is 0 Å². The van der Waals surface area contributed by atoms with Crippen molar-refractivity contribution in [3.8, 4) is 0 Å². The molecule has 13 heavy (non-hydrogen) atoms. The summed E-state index contributed by atoms with van der Waals surface area (Å²) < 4.78 is 0. The number of nitrogens with two attached hydrogens (primary N) is 3. The normalized spacial score (nSPS) is 9.85. The van der Waals surface area contributed by atoms with Crippen molar-refractivity contribution >= 4 is 17.1 Å².